The smallest absolute Gasteiger partial charge is 0.316 e. The van der Waals surface area contributed by atoms with Crippen LogP contribution in [-0.4, -0.2) is 34.8 Å². The Hall–Kier alpha value is -2.15. The number of carbonyl (C=O) groups is 2. The third-order valence-corrected chi connectivity index (χ3v) is 4.36. The second-order valence-corrected chi connectivity index (χ2v) is 6.34. The van der Waals surface area contributed by atoms with E-state index >= 15 is 0 Å². The summed E-state index contributed by atoms with van der Waals surface area (Å²) in [6.07, 6.45) is 2.42. The van der Waals surface area contributed by atoms with Crippen molar-refractivity contribution in [3.05, 3.63) is 33.3 Å². The van der Waals surface area contributed by atoms with E-state index < -0.39 is 16.8 Å². The number of nitrogens with zero attached hydrogens (tertiary/aromatic N) is 2. The van der Waals surface area contributed by atoms with E-state index in [1.54, 1.807) is 4.90 Å². The molecule has 1 saturated carbocycles. The fourth-order valence-electron chi connectivity index (χ4n) is 2.62. The second-order valence-electron chi connectivity index (χ2n) is 5.93. The molecule has 23 heavy (non-hydrogen) atoms. The van der Waals surface area contributed by atoms with Crippen molar-refractivity contribution in [2.75, 3.05) is 13.1 Å². The highest BCUT2D eigenvalue weighted by Gasteiger charge is 2.38. The number of benzene rings is 1. The van der Waals surface area contributed by atoms with Gasteiger partial charge in [-0.1, -0.05) is 11.6 Å². The molecule has 1 aromatic carbocycles. The van der Waals surface area contributed by atoms with Crippen LogP contribution in [0, 0.1) is 22.0 Å². The maximum Gasteiger partial charge on any atom is 0.316 e. The van der Waals surface area contributed by atoms with Crippen LogP contribution in [0.5, 0.6) is 5.75 Å². The van der Waals surface area contributed by atoms with Gasteiger partial charge in [0.25, 0.3) is 5.69 Å². The molecule has 8 heteroatoms. The van der Waals surface area contributed by atoms with Crippen LogP contribution in [0.3, 0.4) is 0 Å². The molecule has 1 heterocycles. The minimum Gasteiger partial charge on any atom is -0.426 e. The third-order valence-electron chi connectivity index (χ3n) is 4.06. The molecule has 122 valence electrons. The highest BCUT2D eigenvalue weighted by molar-refractivity contribution is 6.32. The Labute approximate surface area is 137 Å². The number of hydrogen-bond donors (Lipinski definition) is 0. The molecule has 0 aromatic heterocycles. The van der Waals surface area contributed by atoms with Gasteiger partial charge in [-0.25, -0.2) is 0 Å². The number of nitro groups is 1. The fourth-order valence-corrected chi connectivity index (χ4v) is 2.86. The first kappa shape index (κ1) is 15.7. The van der Waals surface area contributed by atoms with Crippen molar-refractivity contribution in [1.82, 2.24) is 4.90 Å². The number of carbonyl (C=O) groups excluding carboxylic acids is 2. The highest BCUT2D eigenvalue weighted by atomic mass is 35.5. The molecular formula is C15H15ClN2O5. The SMILES string of the molecule is O=C(Oc1ccc([N+](=O)[O-])c(Cl)c1)C1CC(=O)N(CC2CC2)C1. The molecule has 1 amide bonds. The van der Waals surface area contributed by atoms with Crippen LogP contribution >= 0.6 is 11.6 Å². The molecule has 0 N–H and O–H groups in total. The number of rotatable bonds is 5. The molecule has 0 radical (unpaired) electrons. The number of halogens is 1. The van der Waals surface area contributed by atoms with Crippen LogP contribution in [0.2, 0.25) is 5.02 Å². The van der Waals surface area contributed by atoms with Crippen molar-refractivity contribution >= 4 is 29.2 Å². The van der Waals surface area contributed by atoms with E-state index in [0.717, 1.165) is 12.8 Å². The zero-order valence-corrected chi connectivity index (χ0v) is 13.0. The summed E-state index contributed by atoms with van der Waals surface area (Å²) in [4.78, 5) is 35.9. The average Bonchev–Trinajstić information content (AvgIpc) is 3.21. The number of likely N-dealkylation sites (tertiary alicyclic amines) is 1. The van der Waals surface area contributed by atoms with Crippen molar-refractivity contribution in [3.63, 3.8) is 0 Å². The Morgan fingerprint density at radius 1 is 1.43 bits per heavy atom. The molecule has 1 aromatic rings. The largest absolute Gasteiger partial charge is 0.426 e. The lowest BCUT2D eigenvalue weighted by molar-refractivity contribution is -0.384. The van der Waals surface area contributed by atoms with E-state index in [-0.39, 0.29) is 28.8 Å². The van der Waals surface area contributed by atoms with E-state index in [9.17, 15) is 19.7 Å². The number of ether oxygens (including phenoxy) is 1. The fraction of sp³-hybridized carbons (Fsp3) is 0.467. The van der Waals surface area contributed by atoms with Gasteiger partial charge in [-0.05, 0) is 24.8 Å². The molecule has 0 bridgehead atoms. The molecule has 1 aliphatic heterocycles. The van der Waals surface area contributed by atoms with Gasteiger partial charge < -0.3 is 9.64 Å². The molecule has 0 spiro atoms. The molecule has 7 nitrogen and oxygen atoms in total. The number of esters is 1. The summed E-state index contributed by atoms with van der Waals surface area (Å²) in [6, 6.07) is 3.74. The van der Waals surface area contributed by atoms with Gasteiger partial charge in [0.2, 0.25) is 5.91 Å². The first-order valence-corrected chi connectivity index (χ1v) is 7.75. The minimum absolute atomic E-state index is 0.0272. The van der Waals surface area contributed by atoms with Crippen molar-refractivity contribution in [3.8, 4) is 5.75 Å². The molecular weight excluding hydrogens is 324 g/mol. The topological polar surface area (TPSA) is 89.7 Å². The van der Waals surface area contributed by atoms with Crippen molar-refractivity contribution in [1.29, 1.82) is 0 Å². The van der Waals surface area contributed by atoms with Crippen molar-refractivity contribution < 1.29 is 19.2 Å². The molecule has 3 rings (SSSR count). The second kappa shape index (κ2) is 6.16. The summed E-state index contributed by atoms with van der Waals surface area (Å²) in [7, 11) is 0. The summed E-state index contributed by atoms with van der Waals surface area (Å²) >= 11 is 5.78. The minimum atomic E-state index is -0.612. The summed E-state index contributed by atoms with van der Waals surface area (Å²) in [5.74, 6) is -0.335. The van der Waals surface area contributed by atoms with Crippen LogP contribution in [0.4, 0.5) is 5.69 Å². The van der Waals surface area contributed by atoms with E-state index in [1.165, 1.54) is 18.2 Å². The van der Waals surface area contributed by atoms with Crippen molar-refractivity contribution in [2.45, 2.75) is 19.3 Å². The summed E-state index contributed by atoms with van der Waals surface area (Å²) in [5, 5.41) is 10.6. The van der Waals surface area contributed by atoms with E-state index in [2.05, 4.69) is 0 Å². The predicted octanol–water partition coefficient (Wildman–Crippen LogP) is 2.41. The Morgan fingerprint density at radius 3 is 2.78 bits per heavy atom. The highest BCUT2D eigenvalue weighted by Crippen LogP contribution is 2.33. The van der Waals surface area contributed by atoms with Gasteiger partial charge in [0.1, 0.15) is 10.8 Å². The number of amides is 1. The first-order valence-electron chi connectivity index (χ1n) is 7.37. The predicted molar refractivity (Wildman–Crippen MR) is 81.2 cm³/mol. The van der Waals surface area contributed by atoms with E-state index in [4.69, 9.17) is 16.3 Å². The van der Waals surface area contributed by atoms with E-state index in [1.807, 2.05) is 0 Å². The van der Waals surface area contributed by atoms with Crippen LogP contribution in [0.1, 0.15) is 19.3 Å². The zero-order valence-electron chi connectivity index (χ0n) is 12.2. The quantitative estimate of drug-likeness (QED) is 0.356. The third kappa shape index (κ3) is 3.61. The summed E-state index contributed by atoms with van der Waals surface area (Å²) in [6.45, 7) is 1.08. The average molecular weight is 339 g/mol. The Morgan fingerprint density at radius 2 is 2.17 bits per heavy atom. The number of nitro benzene ring substituents is 1. The maximum absolute atomic E-state index is 12.2. The molecule has 2 fully saturated rings. The monoisotopic (exact) mass is 338 g/mol. The maximum atomic E-state index is 12.2. The molecule has 1 unspecified atom stereocenters. The first-order chi connectivity index (χ1) is 10.9. The van der Waals surface area contributed by atoms with Crippen LogP contribution < -0.4 is 4.74 Å². The lowest BCUT2D eigenvalue weighted by Gasteiger charge is -2.15. The van der Waals surface area contributed by atoms with Gasteiger partial charge in [0, 0.05) is 31.6 Å². The Bertz CT molecular complexity index is 674. The van der Waals surface area contributed by atoms with Gasteiger partial charge in [-0.2, -0.15) is 0 Å². The normalized spacial score (nSPS) is 20.7. The lowest BCUT2D eigenvalue weighted by Crippen LogP contribution is -2.29. The standard InChI is InChI=1S/C15H15ClN2O5/c16-12-6-11(3-4-13(12)18(21)22)23-15(20)10-5-14(19)17(8-10)7-9-1-2-9/h3-4,6,9-10H,1-2,5,7-8H2. The molecule has 1 aliphatic carbocycles. The van der Waals surface area contributed by atoms with Gasteiger partial charge in [0.05, 0.1) is 10.8 Å². The Balaban J connectivity index is 1.61. The van der Waals surface area contributed by atoms with Gasteiger partial charge in [0.15, 0.2) is 0 Å². The Kier molecular flexibility index (Phi) is 4.21. The molecule has 2 aliphatic rings. The van der Waals surface area contributed by atoms with Crippen LogP contribution in [-0.2, 0) is 9.59 Å². The van der Waals surface area contributed by atoms with Gasteiger partial charge in [-0.15, -0.1) is 0 Å². The zero-order chi connectivity index (χ0) is 16.6. The number of hydrogen-bond acceptors (Lipinski definition) is 5. The van der Waals surface area contributed by atoms with Crippen LogP contribution in [0.25, 0.3) is 0 Å². The van der Waals surface area contributed by atoms with Crippen molar-refractivity contribution in [2.24, 2.45) is 11.8 Å². The molecule has 1 saturated heterocycles. The van der Waals surface area contributed by atoms with Crippen LogP contribution in [0.15, 0.2) is 18.2 Å². The summed E-state index contributed by atoms with van der Waals surface area (Å²) in [5.41, 5.74) is -0.252. The summed E-state index contributed by atoms with van der Waals surface area (Å²) < 4.78 is 5.21. The van der Waals surface area contributed by atoms with Gasteiger partial charge in [-0.3, -0.25) is 19.7 Å². The molecule has 1 atom stereocenters. The van der Waals surface area contributed by atoms with E-state index in [0.29, 0.717) is 19.0 Å². The lowest BCUT2D eigenvalue weighted by atomic mass is 10.1. The van der Waals surface area contributed by atoms with Gasteiger partial charge >= 0.3 is 5.97 Å².